The number of hydrogen-bond donors (Lipinski definition) is 0. The predicted molar refractivity (Wildman–Crippen MR) is 78.2 cm³/mol. The van der Waals surface area contributed by atoms with Crippen LogP contribution < -0.4 is 0 Å². The van der Waals surface area contributed by atoms with Gasteiger partial charge in [0, 0.05) is 22.8 Å². The second-order valence-corrected chi connectivity index (χ2v) is 5.82. The standard InChI is InChI=1S/C14H18S2/c1-3-5-13-6-8-14(9-7-13)12-16-11-10-15-4-2/h6-9H,4,10-12H2,1-2H3. The van der Waals surface area contributed by atoms with Crippen molar-refractivity contribution in [2.24, 2.45) is 0 Å². The van der Waals surface area contributed by atoms with Gasteiger partial charge in [0.2, 0.25) is 0 Å². The quantitative estimate of drug-likeness (QED) is 0.552. The van der Waals surface area contributed by atoms with E-state index >= 15 is 0 Å². The normalized spacial score (nSPS) is 9.62. The molecular formula is C14H18S2. The summed E-state index contributed by atoms with van der Waals surface area (Å²) in [5.74, 6) is 10.8. The van der Waals surface area contributed by atoms with E-state index in [1.54, 1.807) is 0 Å². The van der Waals surface area contributed by atoms with Crippen LogP contribution in [0, 0.1) is 11.8 Å². The van der Waals surface area contributed by atoms with Gasteiger partial charge in [-0.15, -0.1) is 5.92 Å². The Labute approximate surface area is 108 Å². The van der Waals surface area contributed by atoms with Gasteiger partial charge in [0.05, 0.1) is 0 Å². The monoisotopic (exact) mass is 250 g/mol. The van der Waals surface area contributed by atoms with E-state index in [1.165, 1.54) is 22.8 Å². The summed E-state index contributed by atoms with van der Waals surface area (Å²) < 4.78 is 0. The molecule has 16 heavy (non-hydrogen) atoms. The highest BCUT2D eigenvalue weighted by molar-refractivity contribution is 8.02. The molecule has 2 heteroatoms. The van der Waals surface area contributed by atoms with Gasteiger partial charge in [-0.1, -0.05) is 25.0 Å². The topological polar surface area (TPSA) is 0 Å². The van der Waals surface area contributed by atoms with Crippen LogP contribution in [0.25, 0.3) is 0 Å². The van der Waals surface area contributed by atoms with Gasteiger partial charge in [-0.05, 0) is 30.4 Å². The molecule has 0 aliphatic heterocycles. The predicted octanol–water partition coefficient (Wildman–Crippen LogP) is 4.04. The van der Waals surface area contributed by atoms with E-state index in [1.807, 2.05) is 30.4 Å². The first-order valence-corrected chi connectivity index (χ1v) is 7.85. The fourth-order valence-electron chi connectivity index (χ4n) is 1.28. The fourth-order valence-corrected chi connectivity index (χ4v) is 3.08. The van der Waals surface area contributed by atoms with Gasteiger partial charge in [0.15, 0.2) is 0 Å². The molecule has 0 atom stereocenters. The molecule has 0 unspecified atom stereocenters. The zero-order valence-electron chi connectivity index (χ0n) is 9.95. The molecule has 1 aromatic rings. The lowest BCUT2D eigenvalue weighted by molar-refractivity contribution is 1.39. The van der Waals surface area contributed by atoms with Crippen molar-refractivity contribution >= 4 is 23.5 Å². The SMILES string of the molecule is CC#Cc1ccc(CSCCSCC)cc1. The summed E-state index contributed by atoms with van der Waals surface area (Å²) in [5, 5.41) is 0. The highest BCUT2D eigenvalue weighted by atomic mass is 32.2. The Hall–Kier alpha value is -0.520. The van der Waals surface area contributed by atoms with Crippen LogP contribution in [0.5, 0.6) is 0 Å². The van der Waals surface area contributed by atoms with E-state index in [-0.39, 0.29) is 0 Å². The van der Waals surface area contributed by atoms with Crippen molar-refractivity contribution in [2.45, 2.75) is 19.6 Å². The highest BCUT2D eigenvalue weighted by Crippen LogP contribution is 2.14. The summed E-state index contributed by atoms with van der Waals surface area (Å²) in [5.41, 5.74) is 2.51. The Morgan fingerprint density at radius 3 is 2.38 bits per heavy atom. The third-order valence-corrected chi connectivity index (χ3v) is 4.26. The summed E-state index contributed by atoms with van der Waals surface area (Å²) >= 11 is 4.02. The lowest BCUT2D eigenvalue weighted by Gasteiger charge is -2.01. The Kier molecular flexibility index (Phi) is 7.29. The van der Waals surface area contributed by atoms with Gasteiger partial charge in [-0.2, -0.15) is 23.5 Å². The largest absolute Gasteiger partial charge is 0.161 e. The van der Waals surface area contributed by atoms with Crippen LogP contribution in [0.1, 0.15) is 25.0 Å². The molecule has 0 aromatic heterocycles. The Morgan fingerprint density at radius 2 is 1.75 bits per heavy atom. The Morgan fingerprint density at radius 1 is 1.06 bits per heavy atom. The molecule has 0 saturated heterocycles. The van der Waals surface area contributed by atoms with Crippen molar-refractivity contribution in [3.8, 4) is 11.8 Å². The van der Waals surface area contributed by atoms with Crippen molar-refractivity contribution in [3.05, 3.63) is 35.4 Å². The van der Waals surface area contributed by atoms with Crippen LogP contribution in [0.4, 0.5) is 0 Å². The molecule has 0 fully saturated rings. The minimum absolute atomic E-state index is 1.11. The molecule has 0 radical (unpaired) electrons. The van der Waals surface area contributed by atoms with Gasteiger partial charge in [-0.25, -0.2) is 0 Å². The molecule has 86 valence electrons. The van der Waals surface area contributed by atoms with Crippen molar-refractivity contribution in [2.75, 3.05) is 17.3 Å². The van der Waals surface area contributed by atoms with Gasteiger partial charge in [0.25, 0.3) is 0 Å². The minimum Gasteiger partial charge on any atom is -0.161 e. The molecule has 0 amide bonds. The van der Waals surface area contributed by atoms with Crippen LogP contribution in [0.3, 0.4) is 0 Å². The molecule has 0 bridgehead atoms. The van der Waals surface area contributed by atoms with E-state index in [4.69, 9.17) is 0 Å². The van der Waals surface area contributed by atoms with Crippen molar-refractivity contribution in [1.29, 1.82) is 0 Å². The number of thioether (sulfide) groups is 2. The molecule has 0 saturated carbocycles. The van der Waals surface area contributed by atoms with Crippen LogP contribution in [-0.2, 0) is 5.75 Å². The molecule has 0 heterocycles. The van der Waals surface area contributed by atoms with Gasteiger partial charge >= 0.3 is 0 Å². The fraction of sp³-hybridized carbons (Fsp3) is 0.429. The number of rotatable bonds is 6. The molecule has 0 aliphatic rings. The maximum absolute atomic E-state index is 3.06. The third kappa shape index (κ3) is 5.53. The summed E-state index contributed by atoms with van der Waals surface area (Å²) in [6, 6.07) is 8.57. The van der Waals surface area contributed by atoms with E-state index in [0.29, 0.717) is 0 Å². The number of hydrogen-bond acceptors (Lipinski definition) is 2. The highest BCUT2D eigenvalue weighted by Gasteiger charge is 1.94. The minimum atomic E-state index is 1.11. The number of benzene rings is 1. The summed E-state index contributed by atoms with van der Waals surface area (Å²) in [4.78, 5) is 0. The van der Waals surface area contributed by atoms with Crippen molar-refractivity contribution in [1.82, 2.24) is 0 Å². The van der Waals surface area contributed by atoms with Gasteiger partial charge in [0.1, 0.15) is 0 Å². The van der Waals surface area contributed by atoms with Crippen LogP contribution in [0.15, 0.2) is 24.3 Å². The maximum Gasteiger partial charge on any atom is 0.0245 e. The Balaban J connectivity index is 2.28. The molecule has 1 aromatic carbocycles. The van der Waals surface area contributed by atoms with Crippen molar-refractivity contribution < 1.29 is 0 Å². The van der Waals surface area contributed by atoms with Gasteiger partial charge < -0.3 is 0 Å². The molecular weight excluding hydrogens is 232 g/mol. The second kappa shape index (κ2) is 8.61. The first-order chi connectivity index (χ1) is 7.86. The molecule has 0 nitrogen and oxygen atoms in total. The second-order valence-electron chi connectivity index (χ2n) is 3.32. The average Bonchev–Trinajstić information content (AvgIpc) is 2.31. The zero-order chi connectivity index (χ0) is 11.6. The first kappa shape index (κ1) is 13.5. The average molecular weight is 250 g/mol. The molecule has 1 rings (SSSR count). The van der Waals surface area contributed by atoms with Crippen LogP contribution in [-0.4, -0.2) is 17.3 Å². The Bertz CT molecular complexity index is 343. The van der Waals surface area contributed by atoms with E-state index < -0.39 is 0 Å². The lowest BCUT2D eigenvalue weighted by atomic mass is 10.1. The zero-order valence-corrected chi connectivity index (χ0v) is 11.6. The van der Waals surface area contributed by atoms with Gasteiger partial charge in [-0.3, -0.25) is 0 Å². The van der Waals surface area contributed by atoms with E-state index in [2.05, 4.69) is 43.0 Å². The molecule has 0 aliphatic carbocycles. The van der Waals surface area contributed by atoms with E-state index in [9.17, 15) is 0 Å². The summed E-state index contributed by atoms with van der Waals surface area (Å²) in [6.07, 6.45) is 0. The molecule has 0 spiro atoms. The summed E-state index contributed by atoms with van der Waals surface area (Å²) in [6.45, 7) is 4.08. The maximum atomic E-state index is 3.06. The van der Waals surface area contributed by atoms with Crippen LogP contribution in [0.2, 0.25) is 0 Å². The first-order valence-electron chi connectivity index (χ1n) is 5.54. The van der Waals surface area contributed by atoms with Crippen LogP contribution >= 0.6 is 23.5 Å². The van der Waals surface area contributed by atoms with Crippen molar-refractivity contribution in [3.63, 3.8) is 0 Å². The summed E-state index contributed by atoms with van der Waals surface area (Å²) in [7, 11) is 0. The van der Waals surface area contributed by atoms with E-state index in [0.717, 1.165) is 11.3 Å². The molecule has 0 N–H and O–H groups in total. The lowest BCUT2D eigenvalue weighted by Crippen LogP contribution is -1.87. The third-order valence-electron chi connectivity index (χ3n) is 2.07. The smallest absolute Gasteiger partial charge is 0.0245 e.